The molecule has 4 saturated heterocycles. The Labute approximate surface area is 443 Å². The average molecular weight is 1110 g/mol. The number of rotatable bonds is 4. The molecular formula is C58H42F8N4O10. The second kappa shape index (κ2) is 18.5. The molecule has 2 unspecified atom stereocenters. The number of hydrogen-bond acceptors (Lipinski definition) is 10. The Balaban J connectivity index is 0.000000133. The van der Waals surface area contributed by atoms with Gasteiger partial charge in [0.05, 0.1) is 45.9 Å². The minimum atomic E-state index is -2.21. The number of benzene rings is 6. The number of hydrogen-bond donors (Lipinski definition) is 4. The highest BCUT2D eigenvalue weighted by Gasteiger charge is 2.60. The highest BCUT2D eigenvalue weighted by molar-refractivity contribution is 6.42. The summed E-state index contributed by atoms with van der Waals surface area (Å²) >= 11 is 0. The Morgan fingerprint density at radius 1 is 0.500 bits per heavy atom. The van der Waals surface area contributed by atoms with Gasteiger partial charge in [-0.05, 0) is 85.6 Å². The standard InChI is InChI=1S/C27H18F4N2O5.C27H16F4N2O4.C4H8O/c28-8-17-22(31)25(36)26(37)27(38-17)33-14-4-2-10(30)6-12(14)19-21-16(35)7-15(34)20(21)18-11-5-9(29)1-3-13(11)32-23(18)24(19)33;28-8-17-22(31)25-26(37-25)27(36-17)33-14-4-2-10(30)6-12(14)19-21-16(35)7-15(34)20(21)18-11-5-9(29)1-3-13(11)32-23(18)24(19)33;1-2-4-5-3-1/h1-6,17,22,25-27,32,36-37H,7-8H2;1-6,17,22,25-27,32H,7-8H2;1-4H2/t17-,22-,25+,26-,27?;17-,22-,25-,26-,27?;/m11./s1. The maximum Gasteiger partial charge on any atom is 0.172 e. The van der Waals surface area contributed by atoms with Gasteiger partial charge in [-0.2, -0.15) is 0 Å². The zero-order valence-electron chi connectivity index (χ0n) is 41.4. The second-order valence-electron chi connectivity index (χ2n) is 20.9. The van der Waals surface area contributed by atoms with Gasteiger partial charge in [0.2, 0.25) is 0 Å². The highest BCUT2D eigenvalue weighted by atomic mass is 19.2. The molecule has 0 saturated carbocycles. The van der Waals surface area contributed by atoms with E-state index in [-0.39, 0.29) is 61.4 Å². The molecule has 8 heterocycles. The maximum absolute atomic E-state index is 14.6. The van der Waals surface area contributed by atoms with Crippen LogP contribution in [0.4, 0.5) is 35.1 Å². The van der Waals surface area contributed by atoms with Gasteiger partial charge in [0.15, 0.2) is 47.9 Å². The fourth-order valence-corrected chi connectivity index (χ4v) is 12.8. The number of Topliss-reactive ketones (excluding diaryl/α,β-unsaturated/α-hetero) is 4. The van der Waals surface area contributed by atoms with E-state index >= 15 is 0 Å². The molecule has 22 heteroatoms. The summed E-state index contributed by atoms with van der Waals surface area (Å²) in [5, 5.41) is 23.7. The first-order valence-electron chi connectivity index (χ1n) is 25.8. The van der Waals surface area contributed by atoms with E-state index in [1.165, 1.54) is 78.1 Å². The molecule has 14 nitrogen and oxygen atoms in total. The van der Waals surface area contributed by atoms with Gasteiger partial charge >= 0.3 is 0 Å². The van der Waals surface area contributed by atoms with Crippen LogP contribution in [0.3, 0.4) is 0 Å². The molecule has 0 spiro atoms. The molecule has 4 aromatic heterocycles. The minimum Gasteiger partial charge on any atom is -0.387 e. The zero-order valence-corrected chi connectivity index (χ0v) is 41.4. The van der Waals surface area contributed by atoms with Crippen molar-refractivity contribution in [3.8, 4) is 0 Å². The lowest BCUT2D eigenvalue weighted by atomic mass is 9.96. The van der Waals surface area contributed by atoms with Gasteiger partial charge < -0.3 is 48.3 Å². The van der Waals surface area contributed by atoms with Gasteiger partial charge in [0.25, 0.3) is 0 Å². The third-order valence-corrected chi connectivity index (χ3v) is 16.3. The van der Waals surface area contributed by atoms with Gasteiger partial charge in [0, 0.05) is 89.6 Å². The van der Waals surface area contributed by atoms with Crippen LogP contribution in [0.2, 0.25) is 0 Å². The number of aliphatic hydroxyl groups excluding tert-OH is 2. The van der Waals surface area contributed by atoms with E-state index in [4.69, 9.17) is 18.9 Å². The van der Waals surface area contributed by atoms with Crippen LogP contribution in [0, 0.1) is 23.3 Å². The minimum absolute atomic E-state index is 0.00766. The van der Waals surface area contributed by atoms with Crippen molar-refractivity contribution < 1.29 is 83.5 Å². The van der Waals surface area contributed by atoms with Crippen molar-refractivity contribution >= 4 is 110 Å². The van der Waals surface area contributed by atoms with Crippen molar-refractivity contribution in [3.05, 3.63) is 118 Å². The summed E-state index contributed by atoms with van der Waals surface area (Å²) in [5.41, 5.74) is 3.20. The van der Waals surface area contributed by atoms with Crippen LogP contribution in [-0.4, -0.2) is 128 Å². The number of nitrogens with zero attached hydrogens (tertiary/aromatic N) is 2. The first-order chi connectivity index (χ1) is 38.6. The predicted molar refractivity (Wildman–Crippen MR) is 274 cm³/mol. The number of ketones is 4. The molecule has 0 radical (unpaired) electrons. The van der Waals surface area contributed by atoms with E-state index in [9.17, 15) is 64.5 Å². The van der Waals surface area contributed by atoms with Gasteiger partial charge in [-0.25, -0.2) is 35.1 Å². The van der Waals surface area contributed by atoms with Crippen molar-refractivity contribution in [1.29, 1.82) is 0 Å². The number of alkyl halides is 4. The second-order valence-corrected chi connectivity index (χ2v) is 20.9. The van der Waals surface area contributed by atoms with Crippen molar-refractivity contribution in [1.82, 2.24) is 19.1 Å². The van der Waals surface area contributed by atoms with E-state index in [2.05, 4.69) is 9.97 Å². The summed E-state index contributed by atoms with van der Waals surface area (Å²) in [7, 11) is 0. The number of ether oxygens (including phenoxy) is 4. The molecule has 0 bridgehead atoms. The number of aliphatic hydroxyl groups is 2. The first-order valence-corrected chi connectivity index (χ1v) is 25.8. The van der Waals surface area contributed by atoms with Crippen LogP contribution >= 0.6 is 0 Å². The summed E-state index contributed by atoms with van der Waals surface area (Å²) in [6.07, 6.45) is -13.2. The molecular weight excluding hydrogens is 1060 g/mol. The van der Waals surface area contributed by atoms with E-state index in [1.807, 2.05) is 0 Å². The summed E-state index contributed by atoms with van der Waals surface area (Å²) in [6.45, 7) is -0.365. The van der Waals surface area contributed by atoms with Crippen LogP contribution in [-0.2, 0) is 18.9 Å². The number of nitrogens with one attached hydrogen (secondary N) is 2. The summed E-state index contributed by atoms with van der Waals surface area (Å²) in [4.78, 5) is 59.0. The molecule has 80 heavy (non-hydrogen) atoms. The Morgan fingerprint density at radius 3 is 1.36 bits per heavy atom. The van der Waals surface area contributed by atoms with Crippen LogP contribution in [0.15, 0.2) is 72.8 Å². The summed E-state index contributed by atoms with van der Waals surface area (Å²) in [5.74, 6) is -4.18. The molecule has 410 valence electrons. The van der Waals surface area contributed by atoms with Crippen molar-refractivity contribution in [2.75, 3.05) is 26.6 Å². The van der Waals surface area contributed by atoms with Crippen LogP contribution < -0.4 is 0 Å². The van der Waals surface area contributed by atoms with E-state index in [0.717, 1.165) is 25.3 Å². The van der Waals surface area contributed by atoms with Crippen molar-refractivity contribution in [2.45, 2.75) is 87.1 Å². The number of aromatic nitrogens is 4. The monoisotopic (exact) mass is 1110 g/mol. The van der Waals surface area contributed by atoms with Crippen molar-refractivity contribution in [3.63, 3.8) is 0 Å². The molecule has 4 fully saturated rings. The predicted octanol–water partition coefficient (Wildman–Crippen LogP) is 10.6. The third kappa shape index (κ3) is 7.31. The SMILES string of the molecule is C1CCOC1.O=C1CC(=O)c2c1c1c3cc(F)ccc3[nH]c1c1c2c2cc(F)ccc2n1C1O[C@H](CF)[C@@H](F)[C@H](O)[C@H]1O.O=C1CC(=O)c2c1c1c3cc(F)ccc3[nH]c1c1c2c2cc(F)ccc2n1C1O[C@H](CF)[C@@H](F)[C@H]2O[C@@H]12. The van der Waals surface area contributed by atoms with Gasteiger partial charge in [0.1, 0.15) is 73.2 Å². The number of carbonyl (C=O) groups is 4. The fraction of sp³-hybridized carbons (Fsp3) is 0.310. The topological polar surface area (TPSA) is 190 Å². The smallest absolute Gasteiger partial charge is 0.172 e. The molecule has 4 N–H and O–H groups in total. The highest BCUT2D eigenvalue weighted by Crippen LogP contribution is 2.52. The Hall–Kier alpha value is -7.60. The van der Waals surface area contributed by atoms with Gasteiger partial charge in [-0.15, -0.1) is 0 Å². The number of epoxide rings is 1. The molecule has 4 aliphatic heterocycles. The molecule has 0 amide bonds. The molecule has 6 aromatic carbocycles. The summed E-state index contributed by atoms with van der Waals surface area (Å²) in [6, 6.07) is 15.6. The lowest BCUT2D eigenvalue weighted by Crippen LogP contribution is -2.54. The Kier molecular flexibility index (Phi) is 11.7. The summed E-state index contributed by atoms with van der Waals surface area (Å²) < 4.78 is 139. The zero-order chi connectivity index (χ0) is 55.5. The number of aromatic amines is 2. The maximum atomic E-state index is 14.6. The Morgan fingerprint density at radius 2 is 0.912 bits per heavy atom. The van der Waals surface area contributed by atoms with E-state index in [1.54, 1.807) is 4.57 Å². The first kappa shape index (κ1) is 50.6. The number of halogens is 8. The number of carbonyl (C=O) groups excluding carboxylic acids is 4. The van der Waals surface area contributed by atoms with Crippen LogP contribution in [0.25, 0.3) is 87.2 Å². The molecule has 10 atom stereocenters. The largest absolute Gasteiger partial charge is 0.387 e. The van der Waals surface area contributed by atoms with Crippen LogP contribution in [0.5, 0.6) is 0 Å². The van der Waals surface area contributed by atoms with Crippen molar-refractivity contribution in [2.24, 2.45) is 0 Å². The Bertz CT molecular complexity index is 4370. The quantitative estimate of drug-likeness (QED) is 0.0749. The average Bonchev–Trinajstić information content (AvgIpc) is 2.86. The van der Waals surface area contributed by atoms with Gasteiger partial charge in [-0.3, -0.25) is 19.2 Å². The normalized spacial score (nSPS) is 26.3. The van der Waals surface area contributed by atoms with Gasteiger partial charge in [-0.1, -0.05) is 0 Å². The lowest BCUT2D eigenvalue weighted by molar-refractivity contribution is -0.229. The molecule has 2 aliphatic carbocycles. The number of fused-ring (bicyclic) bond motifs is 21. The third-order valence-electron chi connectivity index (χ3n) is 16.3. The molecule has 16 rings (SSSR count). The molecule has 6 aliphatic rings. The fourth-order valence-electron chi connectivity index (χ4n) is 12.8. The lowest BCUT2D eigenvalue weighted by Gasteiger charge is -2.39. The van der Waals surface area contributed by atoms with E-state index in [0.29, 0.717) is 54.5 Å². The molecule has 10 aromatic rings. The van der Waals surface area contributed by atoms with E-state index < -0.39 is 128 Å². The van der Waals surface area contributed by atoms with Crippen LogP contribution in [0.1, 0.15) is 79.6 Å². The number of H-pyrrole nitrogens is 2.